The number of Topliss-reactive ketones (excluding diaryl/α,β-unsaturated/α-hetero) is 1. The molecule has 1 heterocycles. The number of carbonyl (C=O) groups is 1. The van der Waals surface area contributed by atoms with Gasteiger partial charge in [0, 0.05) is 29.4 Å². The molecule has 0 spiro atoms. The summed E-state index contributed by atoms with van der Waals surface area (Å²) in [4.78, 5) is 14.1. The van der Waals surface area contributed by atoms with Gasteiger partial charge in [0.15, 0.2) is 5.78 Å². The average molecular weight is 253 g/mol. The maximum Gasteiger partial charge on any atom is 0.178 e. The lowest BCUT2D eigenvalue weighted by Crippen LogP contribution is -2.31. The van der Waals surface area contributed by atoms with Crippen LogP contribution in [0.5, 0.6) is 0 Å². The van der Waals surface area contributed by atoms with Gasteiger partial charge in [0.2, 0.25) is 0 Å². The third kappa shape index (κ3) is 2.79. The van der Waals surface area contributed by atoms with Crippen LogP contribution < -0.4 is 10.6 Å². The Kier molecular flexibility index (Phi) is 4.02. The van der Waals surface area contributed by atoms with Crippen molar-refractivity contribution in [2.45, 2.75) is 19.3 Å². The van der Waals surface area contributed by atoms with Crippen LogP contribution in [0.15, 0.2) is 18.2 Å². The maximum absolute atomic E-state index is 11.8. The predicted octanol–water partition coefficient (Wildman–Crippen LogP) is 2.47. The summed E-state index contributed by atoms with van der Waals surface area (Å²) in [6, 6.07) is 5.48. The van der Waals surface area contributed by atoms with Gasteiger partial charge in [-0.05, 0) is 37.5 Å². The molecule has 2 rings (SSSR count). The molecule has 0 bridgehead atoms. The third-order valence-electron chi connectivity index (χ3n) is 3.14. The fourth-order valence-electron chi connectivity index (χ4n) is 2.25. The average Bonchev–Trinajstić information content (AvgIpc) is 2.38. The number of halogens is 1. The molecule has 0 saturated carbocycles. The van der Waals surface area contributed by atoms with Crippen molar-refractivity contribution >= 4 is 23.1 Å². The molecule has 1 saturated heterocycles. The molecule has 1 aliphatic rings. The van der Waals surface area contributed by atoms with Crippen LogP contribution in [-0.4, -0.2) is 25.4 Å². The highest BCUT2D eigenvalue weighted by molar-refractivity contribution is 6.31. The zero-order valence-corrected chi connectivity index (χ0v) is 10.5. The van der Waals surface area contributed by atoms with Gasteiger partial charge in [0.05, 0.1) is 6.54 Å². The van der Waals surface area contributed by atoms with Crippen molar-refractivity contribution in [1.82, 2.24) is 0 Å². The minimum Gasteiger partial charge on any atom is -0.371 e. The number of nitrogens with two attached hydrogens (primary N) is 1. The van der Waals surface area contributed by atoms with E-state index in [-0.39, 0.29) is 12.3 Å². The summed E-state index contributed by atoms with van der Waals surface area (Å²) >= 11 is 5.95. The Hall–Kier alpha value is -1.06. The topological polar surface area (TPSA) is 46.3 Å². The quantitative estimate of drug-likeness (QED) is 0.841. The van der Waals surface area contributed by atoms with Gasteiger partial charge >= 0.3 is 0 Å². The zero-order chi connectivity index (χ0) is 12.3. The molecule has 4 heteroatoms. The van der Waals surface area contributed by atoms with Crippen LogP contribution >= 0.6 is 11.6 Å². The fourth-order valence-corrected chi connectivity index (χ4v) is 2.42. The molecule has 17 heavy (non-hydrogen) atoms. The van der Waals surface area contributed by atoms with E-state index in [1.54, 1.807) is 6.07 Å². The molecule has 1 aliphatic heterocycles. The summed E-state index contributed by atoms with van der Waals surface area (Å²) in [7, 11) is 0. The van der Waals surface area contributed by atoms with E-state index in [2.05, 4.69) is 4.90 Å². The minimum atomic E-state index is -0.0481. The molecule has 0 aliphatic carbocycles. The van der Waals surface area contributed by atoms with Crippen molar-refractivity contribution in [2.24, 2.45) is 5.73 Å². The molecule has 0 unspecified atom stereocenters. The van der Waals surface area contributed by atoms with Crippen molar-refractivity contribution in [1.29, 1.82) is 0 Å². The number of hydrogen-bond donors (Lipinski definition) is 1. The van der Waals surface area contributed by atoms with Crippen molar-refractivity contribution < 1.29 is 4.79 Å². The van der Waals surface area contributed by atoms with Crippen LogP contribution in [0.25, 0.3) is 0 Å². The monoisotopic (exact) mass is 252 g/mol. The lowest BCUT2D eigenvalue weighted by Gasteiger charge is -2.30. The van der Waals surface area contributed by atoms with Gasteiger partial charge in [-0.2, -0.15) is 0 Å². The number of benzene rings is 1. The summed E-state index contributed by atoms with van der Waals surface area (Å²) in [5.41, 5.74) is 7.07. The molecular formula is C13H17ClN2O. The van der Waals surface area contributed by atoms with Gasteiger partial charge in [-0.15, -0.1) is 0 Å². The molecule has 92 valence electrons. The lowest BCUT2D eigenvalue weighted by atomic mass is 10.0. The second-order valence-corrected chi connectivity index (χ2v) is 4.77. The number of nitrogens with zero attached hydrogens (tertiary/aromatic N) is 1. The van der Waals surface area contributed by atoms with Gasteiger partial charge < -0.3 is 10.6 Å². The van der Waals surface area contributed by atoms with E-state index in [1.807, 2.05) is 12.1 Å². The van der Waals surface area contributed by atoms with Gasteiger partial charge in [-0.3, -0.25) is 4.79 Å². The van der Waals surface area contributed by atoms with Gasteiger partial charge in [0.1, 0.15) is 0 Å². The van der Waals surface area contributed by atoms with Crippen LogP contribution in [0.3, 0.4) is 0 Å². The Balaban J connectivity index is 2.34. The van der Waals surface area contributed by atoms with E-state index in [9.17, 15) is 4.79 Å². The van der Waals surface area contributed by atoms with E-state index in [1.165, 1.54) is 19.3 Å². The third-order valence-corrected chi connectivity index (χ3v) is 3.38. The van der Waals surface area contributed by atoms with Crippen molar-refractivity contribution in [3.63, 3.8) is 0 Å². The molecule has 0 amide bonds. The summed E-state index contributed by atoms with van der Waals surface area (Å²) in [6.45, 7) is 2.04. The number of piperidine rings is 1. The summed E-state index contributed by atoms with van der Waals surface area (Å²) in [5.74, 6) is -0.0481. The van der Waals surface area contributed by atoms with Crippen LogP contribution in [0.1, 0.15) is 29.6 Å². The molecular weight excluding hydrogens is 236 g/mol. The highest BCUT2D eigenvalue weighted by Crippen LogP contribution is 2.27. The molecule has 1 fully saturated rings. The first kappa shape index (κ1) is 12.4. The normalized spacial score (nSPS) is 16.0. The minimum absolute atomic E-state index is 0.0290. The number of ketones is 1. The Labute approximate surface area is 107 Å². The van der Waals surface area contributed by atoms with Crippen LogP contribution in [0, 0.1) is 0 Å². The maximum atomic E-state index is 11.8. The van der Waals surface area contributed by atoms with E-state index in [0.717, 1.165) is 18.8 Å². The Bertz CT molecular complexity index is 414. The number of carbonyl (C=O) groups excluding carboxylic acids is 1. The number of hydrogen-bond acceptors (Lipinski definition) is 3. The van der Waals surface area contributed by atoms with Crippen molar-refractivity contribution in [3.8, 4) is 0 Å². The van der Waals surface area contributed by atoms with Crippen molar-refractivity contribution in [3.05, 3.63) is 28.8 Å². The fraction of sp³-hybridized carbons (Fsp3) is 0.462. The SMILES string of the molecule is NCC(=O)c1cc(Cl)ccc1N1CCCCC1. The Morgan fingerprint density at radius 3 is 2.65 bits per heavy atom. The van der Waals surface area contributed by atoms with E-state index in [0.29, 0.717) is 10.6 Å². The first-order valence-corrected chi connectivity index (χ1v) is 6.38. The predicted molar refractivity (Wildman–Crippen MR) is 70.9 cm³/mol. The highest BCUT2D eigenvalue weighted by Gasteiger charge is 2.17. The first-order chi connectivity index (χ1) is 8.22. The van der Waals surface area contributed by atoms with Gasteiger partial charge in [-0.1, -0.05) is 11.6 Å². The summed E-state index contributed by atoms with van der Waals surface area (Å²) in [6.07, 6.45) is 3.63. The van der Waals surface area contributed by atoms with Crippen LogP contribution in [-0.2, 0) is 0 Å². The molecule has 0 radical (unpaired) electrons. The highest BCUT2D eigenvalue weighted by atomic mass is 35.5. The van der Waals surface area contributed by atoms with Crippen molar-refractivity contribution in [2.75, 3.05) is 24.5 Å². The number of anilines is 1. The van der Waals surface area contributed by atoms with E-state index >= 15 is 0 Å². The largest absolute Gasteiger partial charge is 0.371 e. The summed E-state index contributed by atoms with van der Waals surface area (Å²) < 4.78 is 0. The first-order valence-electron chi connectivity index (χ1n) is 6.00. The second kappa shape index (κ2) is 5.52. The van der Waals surface area contributed by atoms with Gasteiger partial charge in [0.25, 0.3) is 0 Å². The Morgan fingerprint density at radius 1 is 1.29 bits per heavy atom. The van der Waals surface area contributed by atoms with Crippen LogP contribution in [0.2, 0.25) is 5.02 Å². The molecule has 1 aromatic rings. The molecule has 0 atom stereocenters. The summed E-state index contributed by atoms with van der Waals surface area (Å²) in [5, 5.41) is 0.586. The smallest absolute Gasteiger partial charge is 0.178 e. The molecule has 0 aromatic heterocycles. The van der Waals surface area contributed by atoms with E-state index in [4.69, 9.17) is 17.3 Å². The lowest BCUT2D eigenvalue weighted by molar-refractivity contribution is 0.100. The number of rotatable bonds is 3. The molecule has 2 N–H and O–H groups in total. The molecule has 3 nitrogen and oxygen atoms in total. The Morgan fingerprint density at radius 2 is 2.00 bits per heavy atom. The molecule has 1 aromatic carbocycles. The zero-order valence-electron chi connectivity index (χ0n) is 9.79. The van der Waals surface area contributed by atoms with E-state index < -0.39 is 0 Å². The standard InChI is InChI=1S/C13H17ClN2O/c14-10-4-5-12(11(8-10)13(17)9-15)16-6-2-1-3-7-16/h4-5,8H,1-3,6-7,9,15H2. The van der Waals surface area contributed by atoms with Crippen LogP contribution in [0.4, 0.5) is 5.69 Å². The van der Waals surface area contributed by atoms with Gasteiger partial charge in [-0.25, -0.2) is 0 Å². The second-order valence-electron chi connectivity index (χ2n) is 4.34.